The molecule has 9 heavy (non-hydrogen) atoms. The van der Waals surface area contributed by atoms with Gasteiger partial charge >= 0.3 is 0 Å². The van der Waals surface area contributed by atoms with E-state index in [0.29, 0.717) is 0 Å². The molecule has 0 aliphatic rings. The monoisotopic (exact) mass is 135 g/mol. The van der Waals surface area contributed by atoms with Gasteiger partial charge in [0.05, 0.1) is 25.9 Å². The lowest BCUT2D eigenvalue weighted by Gasteiger charge is -2.12. The van der Waals surface area contributed by atoms with Crippen molar-refractivity contribution in [2.24, 2.45) is 0 Å². The van der Waals surface area contributed by atoms with E-state index in [1.54, 1.807) is 0 Å². The van der Waals surface area contributed by atoms with Crippen LogP contribution in [0.4, 0.5) is 0 Å². The molecule has 2 N–H and O–H groups in total. The molecule has 1 unspecified atom stereocenters. The zero-order valence-corrected chi connectivity index (χ0v) is 5.12. The third-order valence-electron chi connectivity index (χ3n) is 0.738. The van der Waals surface area contributed by atoms with Gasteiger partial charge in [-0.1, -0.05) is 0 Å². The molecule has 0 radical (unpaired) electrons. The molecule has 56 valence electrons. The molecule has 0 fully saturated rings. The van der Waals surface area contributed by atoms with Gasteiger partial charge in [-0.15, -0.1) is 6.61 Å². The number of hydrogen-bond acceptors (Lipinski definition) is 4. The molecule has 0 aliphatic carbocycles. The molecule has 0 aromatic rings. The first-order chi connectivity index (χ1) is 4.31. The van der Waals surface area contributed by atoms with Gasteiger partial charge in [0.1, 0.15) is 0 Å². The Bertz CT molecular complexity index is 56.9. The minimum atomic E-state index is -0.934. The van der Waals surface area contributed by atoms with Crippen LogP contribution in [0.2, 0.25) is 0 Å². The minimum absolute atomic E-state index is 0.0179. The van der Waals surface area contributed by atoms with Crippen LogP contribution in [-0.4, -0.2) is 42.7 Å². The number of aliphatic hydroxyl groups excluding tert-OH is 2. The summed E-state index contributed by atoms with van der Waals surface area (Å²) in [6.45, 7) is -0.432. The van der Waals surface area contributed by atoms with E-state index in [1.165, 1.54) is 0 Å². The van der Waals surface area contributed by atoms with Crippen molar-refractivity contribution in [2.45, 2.75) is 6.10 Å². The van der Waals surface area contributed by atoms with Crippen molar-refractivity contribution >= 4 is 0 Å². The van der Waals surface area contributed by atoms with Gasteiger partial charge in [0.2, 0.25) is 0 Å². The lowest BCUT2D eigenvalue weighted by Crippen LogP contribution is -2.28. The highest BCUT2D eigenvalue weighted by molar-refractivity contribution is 4.46. The van der Waals surface area contributed by atoms with E-state index < -0.39 is 12.7 Å². The van der Waals surface area contributed by atoms with E-state index in [1.807, 2.05) is 0 Å². The summed E-state index contributed by atoms with van der Waals surface area (Å²) in [5, 5.41) is 26.6. The Morgan fingerprint density at radius 2 is 2.22 bits per heavy atom. The van der Waals surface area contributed by atoms with E-state index in [0.717, 1.165) is 0 Å². The number of hydrogen-bond donors (Lipinski definition) is 2. The highest BCUT2D eigenvalue weighted by Gasteiger charge is 1.94. The predicted octanol–water partition coefficient (Wildman–Crippen LogP) is -2.28. The highest BCUT2D eigenvalue weighted by Crippen LogP contribution is 1.80. The second-order valence-corrected chi connectivity index (χ2v) is 1.62. The van der Waals surface area contributed by atoms with Gasteiger partial charge in [0.25, 0.3) is 0 Å². The number of aliphatic hydroxyl groups is 2. The fourth-order valence-electron chi connectivity index (χ4n) is 0.332. The summed E-state index contributed by atoms with van der Waals surface area (Å²) in [6, 6.07) is 0. The van der Waals surface area contributed by atoms with Gasteiger partial charge in [-0.3, -0.25) is 0 Å². The summed E-state index contributed by atoms with van der Waals surface area (Å²) < 4.78 is 4.64. The van der Waals surface area contributed by atoms with E-state index in [2.05, 4.69) is 4.74 Å². The van der Waals surface area contributed by atoms with Crippen LogP contribution in [-0.2, 0) is 4.74 Å². The third kappa shape index (κ3) is 5.72. The fraction of sp³-hybridized carbons (Fsp3) is 1.00. The summed E-state index contributed by atoms with van der Waals surface area (Å²) in [5.41, 5.74) is 0. The summed E-state index contributed by atoms with van der Waals surface area (Å²) in [7, 11) is 0. The molecule has 0 saturated carbocycles. The number of rotatable bonds is 5. The summed E-state index contributed by atoms with van der Waals surface area (Å²) in [5.74, 6) is 0. The van der Waals surface area contributed by atoms with E-state index >= 15 is 0 Å². The standard InChI is InChI=1S/C5H11O4/c6-1-2-9-4-5(8)3-7/h5-6,8H,1-4H2/q-1. The van der Waals surface area contributed by atoms with Crippen LogP contribution >= 0.6 is 0 Å². The van der Waals surface area contributed by atoms with Crippen molar-refractivity contribution in [3.8, 4) is 0 Å². The Kier molecular flexibility index (Phi) is 5.86. The van der Waals surface area contributed by atoms with Crippen molar-refractivity contribution in [2.75, 3.05) is 26.4 Å². The molecule has 0 aliphatic heterocycles. The van der Waals surface area contributed by atoms with Crippen molar-refractivity contribution in [3.05, 3.63) is 0 Å². The van der Waals surface area contributed by atoms with Gasteiger partial charge in [-0.2, -0.15) is 0 Å². The molecule has 0 saturated heterocycles. The first-order valence-corrected chi connectivity index (χ1v) is 2.76. The van der Waals surface area contributed by atoms with Crippen LogP contribution in [0.5, 0.6) is 0 Å². The molecule has 0 heterocycles. The highest BCUT2D eigenvalue weighted by atomic mass is 16.5. The van der Waals surface area contributed by atoms with Crippen LogP contribution in [0.25, 0.3) is 0 Å². The molecule has 0 bridgehead atoms. The molecule has 0 amide bonds. The molecule has 4 heteroatoms. The van der Waals surface area contributed by atoms with Crippen LogP contribution < -0.4 is 5.11 Å². The second kappa shape index (κ2) is 5.97. The van der Waals surface area contributed by atoms with Gasteiger partial charge in [0, 0.05) is 0 Å². The minimum Gasteiger partial charge on any atom is -0.853 e. The maximum absolute atomic E-state index is 9.83. The van der Waals surface area contributed by atoms with Crippen LogP contribution in [0.1, 0.15) is 0 Å². The zero-order chi connectivity index (χ0) is 7.11. The summed E-state index contributed by atoms with van der Waals surface area (Å²) in [4.78, 5) is 0. The topological polar surface area (TPSA) is 72.8 Å². The van der Waals surface area contributed by atoms with E-state index in [9.17, 15) is 5.11 Å². The lowest BCUT2D eigenvalue weighted by atomic mass is 10.4. The third-order valence-corrected chi connectivity index (χ3v) is 0.738. The first kappa shape index (κ1) is 8.84. The van der Waals surface area contributed by atoms with Crippen molar-refractivity contribution in [3.63, 3.8) is 0 Å². The molecule has 0 aromatic carbocycles. The number of ether oxygens (including phenoxy) is 1. The average molecular weight is 135 g/mol. The van der Waals surface area contributed by atoms with Gasteiger partial charge in [0.15, 0.2) is 0 Å². The maximum Gasteiger partial charge on any atom is 0.0713 e. The Balaban J connectivity index is 2.88. The summed E-state index contributed by atoms with van der Waals surface area (Å²) >= 11 is 0. The molecule has 1 atom stereocenters. The second-order valence-electron chi connectivity index (χ2n) is 1.62. The fourth-order valence-corrected chi connectivity index (χ4v) is 0.332. The van der Waals surface area contributed by atoms with Gasteiger partial charge in [-0.25, -0.2) is 0 Å². The van der Waals surface area contributed by atoms with Gasteiger partial charge < -0.3 is 20.1 Å². The van der Waals surface area contributed by atoms with E-state index in [4.69, 9.17) is 10.2 Å². The van der Waals surface area contributed by atoms with Gasteiger partial charge in [-0.05, 0) is 0 Å². The largest absolute Gasteiger partial charge is 0.853 e. The first-order valence-electron chi connectivity index (χ1n) is 2.76. The quantitative estimate of drug-likeness (QED) is 0.416. The van der Waals surface area contributed by atoms with Crippen molar-refractivity contribution < 1.29 is 20.1 Å². The molecule has 0 aromatic heterocycles. The average Bonchev–Trinajstić information content (AvgIpc) is 1.89. The van der Waals surface area contributed by atoms with Crippen LogP contribution in [0.15, 0.2) is 0 Å². The summed E-state index contributed by atoms with van der Waals surface area (Å²) in [6.07, 6.45) is -0.934. The predicted molar refractivity (Wildman–Crippen MR) is 28.8 cm³/mol. The Hall–Kier alpha value is -0.160. The molecule has 0 spiro atoms. The zero-order valence-electron chi connectivity index (χ0n) is 5.12. The lowest BCUT2D eigenvalue weighted by molar-refractivity contribution is -0.385. The normalized spacial score (nSPS) is 13.7. The van der Waals surface area contributed by atoms with Crippen molar-refractivity contribution in [1.82, 2.24) is 0 Å². The molecular weight excluding hydrogens is 124 g/mol. The molecular formula is C5H11O4-. The Labute approximate surface area is 53.7 Å². The molecule has 4 nitrogen and oxygen atoms in total. The smallest absolute Gasteiger partial charge is 0.0713 e. The Morgan fingerprint density at radius 3 is 2.67 bits per heavy atom. The van der Waals surface area contributed by atoms with E-state index in [-0.39, 0.29) is 19.8 Å². The molecule has 0 rings (SSSR count). The maximum atomic E-state index is 9.83. The van der Waals surface area contributed by atoms with Crippen molar-refractivity contribution in [1.29, 1.82) is 0 Å². The SMILES string of the molecule is [O-]CC(O)COCCO. The Morgan fingerprint density at radius 1 is 1.56 bits per heavy atom. The van der Waals surface area contributed by atoms with Crippen LogP contribution in [0.3, 0.4) is 0 Å². The van der Waals surface area contributed by atoms with Crippen LogP contribution in [0, 0.1) is 0 Å².